The van der Waals surface area contributed by atoms with Crippen LogP contribution in [0.4, 0.5) is 5.69 Å². The van der Waals surface area contributed by atoms with Gasteiger partial charge >= 0.3 is 0 Å². The zero-order valence-electron chi connectivity index (χ0n) is 15.9. The largest absolute Gasteiger partial charge is 0.506 e. The number of anilines is 1. The summed E-state index contributed by atoms with van der Waals surface area (Å²) in [4.78, 5) is 11.4. The minimum Gasteiger partial charge on any atom is -0.506 e. The van der Waals surface area contributed by atoms with Crippen molar-refractivity contribution in [2.75, 3.05) is 25.0 Å². The minimum absolute atomic E-state index is 0. The Hall–Kier alpha value is -2.28. The van der Waals surface area contributed by atoms with E-state index in [9.17, 15) is 15.0 Å². The zero-order chi connectivity index (χ0) is 19.2. The molecule has 152 valence electrons. The third kappa shape index (κ3) is 5.61. The van der Waals surface area contributed by atoms with Gasteiger partial charge in [-0.05, 0) is 43.0 Å². The van der Waals surface area contributed by atoms with Crippen molar-refractivity contribution in [1.29, 1.82) is 0 Å². The van der Waals surface area contributed by atoms with Crippen LogP contribution in [0.5, 0.6) is 11.5 Å². The van der Waals surface area contributed by atoms with Crippen LogP contribution in [-0.2, 0) is 11.2 Å². The number of aliphatic hydroxyl groups is 1. The highest BCUT2D eigenvalue weighted by Crippen LogP contribution is 2.41. The molecule has 0 spiro atoms. The molecule has 2 atom stereocenters. The van der Waals surface area contributed by atoms with Crippen LogP contribution >= 0.6 is 12.4 Å². The predicted molar refractivity (Wildman–Crippen MR) is 111 cm³/mol. The maximum atomic E-state index is 11.4. The minimum atomic E-state index is -0.796. The maximum absolute atomic E-state index is 11.4. The highest BCUT2D eigenvalue weighted by atomic mass is 35.5. The van der Waals surface area contributed by atoms with Crippen molar-refractivity contribution >= 4 is 24.0 Å². The van der Waals surface area contributed by atoms with Crippen LogP contribution in [0, 0.1) is 5.92 Å². The zero-order valence-corrected chi connectivity index (χ0v) is 16.7. The smallest absolute Gasteiger partial charge is 0.262 e. The summed E-state index contributed by atoms with van der Waals surface area (Å²) in [6.07, 6.45) is 1.30. The number of amides is 1. The van der Waals surface area contributed by atoms with Crippen molar-refractivity contribution in [2.24, 2.45) is 5.92 Å². The van der Waals surface area contributed by atoms with Crippen molar-refractivity contribution in [3.8, 4) is 11.5 Å². The second kappa shape index (κ2) is 10.3. The third-order valence-electron chi connectivity index (χ3n) is 4.74. The molecule has 1 amide bonds. The number of aliphatic hydroxyl groups excluding tert-OH is 1. The third-order valence-corrected chi connectivity index (χ3v) is 4.74. The highest BCUT2D eigenvalue weighted by molar-refractivity contribution is 5.97. The van der Waals surface area contributed by atoms with Gasteiger partial charge in [-0.2, -0.15) is 0 Å². The van der Waals surface area contributed by atoms with Gasteiger partial charge < -0.3 is 25.6 Å². The van der Waals surface area contributed by atoms with Crippen molar-refractivity contribution in [2.45, 2.75) is 25.9 Å². The summed E-state index contributed by atoms with van der Waals surface area (Å²) in [6.45, 7) is 3.22. The molecule has 0 aromatic heterocycles. The van der Waals surface area contributed by atoms with Crippen LogP contribution in [0.15, 0.2) is 42.5 Å². The Bertz CT molecular complexity index is 785. The molecule has 4 N–H and O–H groups in total. The fourth-order valence-corrected chi connectivity index (χ4v) is 3.18. The number of carbonyl (C=O) groups excluding carboxylic acids is 1. The highest BCUT2D eigenvalue weighted by Gasteiger charge is 2.25. The molecule has 2 unspecified atom stereocenters. The molecule has 0 radical (unpaired) electrons. The molecule has 0 bridgehead atoms. The summed E-state index contributed by atoms with van der Waals surface area (Å²) in [7, 11) is 0. The van der Waals surface area contributed by atoms with E-state index in [1.807, 2.05) is 6.07 Å². The average molecular weight is 407 g/mol. The number of nitrogens with one attached hydrogen (secondary N) is 2. The quantitative estimate of drug-likeness (QED) is 0.506. The summed E-state index contributed by atoms with van der Waals surface area (Å²) in [5, 5.41) is 26.3. The van der Waals surface area contributed by atoms with Crippen molar-refractivity contribution in [1.82, 2.24) is 5.32 Å². The number of hydrogen-bond acceptors (Lipinski definition) is 5. The summed E-state index contributed by atoms with van der Waals surface area (Å²) < 4.78 is 5.42. The SMILES string of the molecule is CC(CCc1ccccc1)CNCC(O)c1ccc(O)c2c1OCC(=O)N2.Cl. The van der Waals surface area contributed by atoms with Gasteiger partial charge in [-0.15, -0.1) is 12.4 Å². The first-order valence-corrected chi connectivity index (χ1v) is 9.26. The fraction of sp³-hybridized carbons (Fsp3) is 0.381. The second-order valence-electron chi connectivity index (χ2n) is 7.02. The second-order valence-corrected chi connectivity index (χ2v) is 7.02. The monoisotopic (exact) mass is 406 g/mol. The lowest BCUT2D eigenvalue weighted by molar-refractivity contribution is -0.118. The Kier molecular flexibility index (Phi) is 8.11. The molecule has 2 aromatic rings. The number of phenolic OH excluding ortho intramolecular Hbond substituents is 1. The molecule has 0 aliphatic carbocycles. The van der Waals surface area contributed by atoms with Gasteiger partial charge in [-0.3, -0.25) is 4.79 Å². The molecule has 1 aliphatic heterocycles. The molecule has 1 heterocycles. The Morgan fingerprint density at radius 3 is 2.68 bits per heavy atom. The topological polar surface area (TPSA) is 90.8 Å². The lowest BCUT2D eigenvalue weighted by Gasteiger charge is -2.24. The first-order valence-electron chi connectivity index (χ1n) is 9.26. The molecule has 1 aliphatic rings. The van der Waals surface area contributed by atoms with E-state index in [1.54, 1.807) is 6.07 Å². The Morgan fingerprint density at radius 2 is 1.93 bits per heavy atom. The normalized spacial score (nSPS) is 14.9. The summed E-state index contributed by atoms with van der Waals surface area (Å²) in [5.41, 5.74) is 2.10. The van der Waals surface area contributed by atoms with E-state index in [4.69, 9.17) is 4.74 Å². The van der Waals surface area contributed by atoms with E-state index < -0.39 is 6.10 Å². The molecule has 2 aromatic carbocycles. The van der Waals surface area contributed by atoms with E-state index in [-0.39, 0.29) is 36.4 Å². The number of fused-ring (bicyclic) bond motifs is 1. The Labute approximate surface area is 171 Å². The number of hydrogen-bond donors (Lipinski definition) is 4. The summed E-state index contributed by atoms with van der Waals surface area (Å²) >= 11 is 0. The van der Waals surface area contributed by atoms with Gasteiger partial charge in [0.05, 0.1) is 6.10 Å². The van der Waals surface area contributed by atoms with Crippen LogP contribution in [0.25, 0.3) is 0 Å². The molecular formula is C21H27ClN2O4. The molecule has 3 rings (SSSR count). The standard InChI is InChI=1S/C21H26N2O4.ClH/c1-14(7-8-15-5-3-2-4-6-15)11-22-12-18(25)16-9-10-17(24)20-21(16)27-13-19(26)23-20;/h2-6,9-10,14,18,22,24-25H,7-8,11-13H2,1H3,(H,23,26);1H. The van der Waals surface area contributed by atoms with Crippen molar-refractivity contribution in [3.05, 3.63) is 53.6 Å². The lowest BCUT2D eigenvalue weighted by atomic mass is 10.0. The van der Waals surface area contributed by atoms with Gasteiger partial charge in [0.2, 0.25) is 0 Å². The van der Waals surface area contributed by atoms with E-state index in [0.29, 0.717) is 23.8 Å². The van der Waals surface area contributed by atoms with Gasteiger partial charge in [0.1, 0.15) is 11.4 Å². The molecule has 7 heteroatoms. The molecule has 0 saturated heterocycles. The molecule has 0 saturated carbocycles. The Morgan fingerprint density at radius 1 is 1.18 bits per heavy atom. The average Bonchev–Trinajstić information content (AvgIpc) is 2.68. The molecule has 6 nitrogen and oxygen atoms in total. The first kappa shape index (κ1) is 22.0. The van der Waals surface area contributed by atoms with Crippen LogP contribution < -0.4 is 15.4 Å². The van der Waals surface area contributed by atoms with E-state index in [2.05, 4.69) is 41.8 Å². The predicted octanol–water partition coefficient (Wildman–Crippen LogP) is 3.04. The number of phenols is 1. The van der Waals surface area contributed by atoms with E-state index >= 15 is 0 Å². The van der Waals surface area contributed by atoms with Gasteiger partial charge in [-0.1, -0.05) is 37.3 Å². The van der Waals surface area contributed by atoms with E-state index in [1.165, 1.54) is 11.6 Å². The van der Waals surface area contributed by atoms with Gasteiger partial charge in [0.15, 0.2) is 12.4 Å². The van der Waals surface area contributed by atoms with Gasteiger partial charge in [0, 0.05) is 12.1 Å². The van der Waals surface area contributed by atoms with Crippen molar-refractivity contribution < 1.29 is 19.7 Å². The van der Waals surface area contributed by atoms with Crippen LogP contribution in [0.2, 0.25) is 0 Å². The number of halogens is 1. The van der Waals surface area contributed by atoms with E-state index in [0.717, 1.165) is 19.4 Å². The fourth-order valence-electron chi connectivity index (χ4n) is 3.18. The number of carbonyl (C=O) groups is 1. The number of ether oxygens (including phenoxy) is 1. The molecular weight excluding hydrogens is 380 g/mol. The van der Waals surface area contributed by atoms with Crippen molar-refractivity contribution in [3.63, 3.8) is 0 Å². The number of aryl methyl sites for hydroxylation is 1. The number of rotatable bonds is 8. The first-order chi connectivity index (χ1) is 13.0. The number of benzene rings is 2. The van der Waals surface area contributed by atoms with Gasteiger partial charge in [-0.25, -0.2) is 0 Å². The number of aromatic hydroxyl groups is 1. The van der Waals surface area contributed by atoms with Crippen LogP contribution in [-0.4, -0.2) is 35.8 Å². The van der Waals surface area contributed by atoms with Crippen LogP contribution in [0.1, 0.15) is 30.6 Å². The maximum Gasteiger partial charge on any atom is 0.262 e. The Balaban J connectivity index is 0.00000280. The molecule has 28 heavy (non-hydrogen) atoms. The lowest BCUT2D eigenvalue weighted by Crippen LogP contribution is -2.29. The van der Waals surface area contributed by atoms with Crippen LogP contribution in [0.3, 0.4) is 0 Å². The van der Waals surface area contributed by atoms with Gasteiger partial charge in [0.25, 0.3) is 5.91 Å². The summed E-state index contributed by atoms with van der Waals surface area (Å²) in [6, 6.07) is 13.5. The molecule has 0 fully saturated rings. The summed E-state index contributed by atoms with van der Waals surface area (Å²) in [5.74, 6) is 0.411.